The largest absolute Gasteiger partial charge is 0.286 e. The summed E-state index contributed by atoms with van der Waals surface area (Å²) in [5.74, 6) is 1.11. The van der Waals surface area contributed by atoms with Crippen LogP contribution in [0.15, 0.2) is 83.3 Å². The summed E-state index contributed by atoms with van der Waals surface area (Å²) < 4.78 is 8.63. The van der Waals surface area contributed by atoms with Crippen LogP contribution in [0.25, 0.3) is 38.3 Å². The third-order valence-electron chi connectivity index (χ3n) is 7.21. The van der Waals surface area contributed by atoms with Gasteiger partial charge in [-0.25, -0.2) is 4.58 Å². The van der Waals surface area contributed by atoms with Crippen LogP contribution in [0.2, 0.25) is 0 Å². The number of nitrogens with zero attached hydrogens (tertiary/aromatic N) is 1. The lowest BCUT2D eigenvalue weighted by atomic mass is 9.84. The van der Waals surface area contributed by atoms with Crippen LogP contribution in [0.3, 0.4) is 0 Å². The highest BCUT2D eigenvalue weighted by Crippen LogP contribution is 2.46. The molecule has 0 radical (unpaired) electrons. The van der Waals surface area contributed by atoms with Gasteiger partial charge in [0, 0.05) is 5.56 Å². The molecule has 2 nitrogen and oxygen atoms in total. The Morgan fingerprint density at radius 2 is 1.64 bits per heavy atom. The Bertz CT molecular complexity index is 1660. The van der Waals surface area contributed by atoms with Crippen LogP contribution < -0.4 is 0 Å². The van der Waals surface area contributed by atoms with Crippen LogP contribution in [0.5, 0.6) is 0 Å². The maximum atomic E-state index is 6.52. The van der Waals surface area contributed by atoms with Gasteiger partial charge < -0.3 is 0 Å². The molecule has 0 atom stereocenters. The van der Waals surface area contributed by atoms with E-state index in [1.807, 2.05) is 6.07 Å². The van der Waals surface area contributed by atoms with Crippen LogP contribution in [-0.4, -0.2) is 11.3 Å². The van der Waals surface area contributed by atoms with Crippen molar-refractivity contribution in [2.75, 3.05) is 0 Å². The lowest BCUT2D eigenvalue weighted by molar-refractivity contribution is -0.400. The summed E-state index contributed by atoms with van der Waals surface area (Å²) in [7, 11) is 0. The van der Waals surface area contributed by atoms with Crippen LogP contribution in [0, 0.1) is 17.9 Å². The first-order valence-corrected chi connectivity index (χ1v) is 13.1. The van der Waals surface area contributed by atoms with E-state index in [1.54, 1.807) is 0 Å². The van der Waals surface area contributed by atoms with Crippen molar-refractivity contribution in [1.82, 2.24) is 0 Å². The molecule has 4 aromatic carbocycles. The standard InChI is InChI=1S/C34H33NO/c1-21(2)16-23-18-28-27-12-8-9-13-32(27)36-34(28)29(19-23)31-20-25(17-22(3)4)33-26-11-7-6-10-24(26)14-15-30(33)35(31)5/h6-15,18-22H,5,16-17H2,1-4H3. The Kier molecular flexibility index (Phi) is 5.48. The van der Waals surface area contributed by atoms with E-state index in [0.717, 1.165) is 41.3 Å². The van der Waals surface area contributed by atoms with Gasteiger partial charge in [0.2, 0.25) is 0 Å². The summed E-state index contributed by atoms with van der Waals surface area (Å²) in [5, 5.41) is 4.91. The van der Waals surface area contributed by atoms with E-state index in [2.05, 4.69) is 112 Å². The van der Waals surface area contributed by atoms with Gasteiger partial charge in [-0.15, -0.1) is 18.2 Å². The van der Waals surface area contributed by atoms with Gasteiger partial charge in [-0.05, 0) is 64.4 Å². The summed E-state index contributed by atoms with van der Waals surface area (Å²) in [6, 6.07) is 27.2. The molecule has 0 spiro atoms. The van der Waals surface area contributed by atoms with Crippen molar-refractivity contribution < 1.29 is 8.99 Å². The molecule has 0 saturated heterocycles. The second kappa shape index (κ2) is 8.71. The van der Waals surface area contributed by atoms with E-state index in [4.69, 9.17) is 4.42 Å². The molecule has 1 aliphatic heterocycles. The fraction of sp³-hybridized carbons (Fsp3) is 0.235. The maximum absolute atomic E-state index is 6.52. The van der Waals surface area contributed by atoms with Crippen LogP contribution in [0.4, 0.5) is 5.69 Å². The summed E-state index contributed by atoms with van der Waals surface area (Å²) in [6.07, 6.45) is 4.40. The number of hydrogen-bond acceptors (Lipinski definition) is 0. The SMILES string of the molecule is C=[N+]1c2ccc3ccccc3c2C(CC(C)C)=C[C-]1c1cc(CC(C)C)cc2c1[o+][c-]1ccccc21. The van der Waals surface area contributed by atoms with Gasteiger partial charge in [-0.2, -0.15) is 0 Å². The first-order valence-electron chi connectivity index (χ1n) is 13.1. The molecule has 1 aliphatic rings. The number of para-hydroxylation sites is 1. The van der Waals surface area contributed by atoms with Gasteiger partial charge in [-0.3, -0.25) is 4.42 Å². The molecule has 2 heterocycles. The molecule has 0 N–H and O–H groups in total. The Morgan fingerprint density at radius 3 is 2.44 bits per heavy atom. The van der Waals surface area contributed by atoms with E-state index in [-0.39, 0.29) is 0 Å². The Labute approximate surface area is 213 Å². The summed E-state index contributed by atoms with van der Waals surface area (Å²) in [5.41, 5.74) is 8.15. The zero-order valence-electron chi connectivity index (χ0n) is 21.6. The van der Waals surface area contributed by atoms with Gasteiger partial charge in [0.25, 0.3) is 11.2 Å². The van der Waals surface area contributed by atoms with Crippen LogP contribution in [0.1, 0.15) is 50.8 Å². The summed E-state index contributed by atoms with van der Waals surface area (Å²) in [6.45, 7) is 13.7. The molecule has 1 aromatic heterocycles. The molecule has 0 fully saturated rings. The molecule has 36 heavy (non-hydrogen) atoms. The number of furan rings is 1. The van der Waals surface area contributed by atoms with E-state index < -0.39 is 0 Å². The van der Waals surface area contributed by atoms with Gasteiger partial charge >= 0.3 is 0 Å². The molecular formula is C34H33NO. The molecule has 2 heteroatoms. The van der Waals surface area contributed by atoms with E-state index in [1.165, 1.54) is 38.2 Å². The molecule has 0 amide bonds. The van der Waals surface area contributed by atoms with Crippen molar-refractivity contribution in [2.45, 2.75) is 40.5 Å². The maximum Gasteiger partial charge on any atom is 0.278 e. The number of benzene rings is 4. The monoisotopic (exact) mass is 471 g/mol. The second-order valence-corrected chi connectivity index (χ2v) is 11.0. The van der Waals surface area contributed by atoms with Crippen molar-refractivity contribution in [2.24, 2.45) is 11.8 Å². The average molecular weight is 472 g/mol. The van der Waals surface area contributed by atoms with Gasteiger partial charge in [-0.1, -0.05) is 81.3 Å². The van der Waals surface area contributed by atoms with Crippen molar-refractivity contribution in [3.8, 4) is 0 Å². The Morgan fingerprint density at radius 1 is 0.861 bits per heavy atom. The lowest BCUT2D eigenvalue weighted by Gasteiger charge is -2.28. The normalized spacial score (nSPS) is 13.9. The van der Waals surface area contributed by atoms with E-state index in [9.17, 15) is 0 Å². The minimum atomic E-state index is 0.541. The van der Waals surface area contributed by atoms with Gasteiger partial charge in [0.15, 0.2) is 11.7 Å². The topological polar surface area (TPSA) is 14.3 Å². The van der Waals surface area contributed by atoms with Crippen molar-refractivity contribution in [3.63, 3.8) is 0 Å². The lowest BCUT2D eigenvalue weighted by Crippen LogP contribution is -2.19. The fourth-order valence-electron chi connectivity index (χ4n) is 5.76. The molecular weight excluding hydrogens is 438 g/mol. The third-order valence-corrected chi connectivity index (χ3v) is 7.21. The summed E-state index contributed by atoms with van der Waals surface area (Å²) in [4.78, 5) is 0. The smallest absolute Gasteiger partial charge is 0.278 e. The highest BCUT2D eigenvalue weighted by Gasteiger charge is 2.31. The third kappa shape index (κ3) is 3.73. The molecule has 180 valence electrons. The highest BCUT2D eigenvalue weighted by atomic mass is 16.3. The van der Waals surface area contributed by atoms with E-state index in [0.29, 0.717) is 11.8 Å². The predicted octanol–water partition coefficient (Wildman–Crippen LogP) is 9.31. The molecule has 5 aromatic rings. The van der Waals surface area contributed by atoms with Crippen LogP contribution >= 0.6 is 0 Å². The zero-order valence-corrected chi connectivity index (χ0v) is 21.6. The minimum absolute atomic E-state index is 0.541. The highest BCUT2D eigenvalue weighted by molar-refractivity contribution is 6.07. The quantitative estimate of drug-likeness (QED) is 0.141. The molecule has 0 unspecified atom stereocenters. The molecule has 6 rings (SSSR count). The Hall–Kier alpha value is -3.78. The van der Waals surface area contributed by atoms with E-state index >= 15 is 0 Å². The number of allylic oxidation sites excluding steroid dienone is 1. The molecule has 0 aliphatic carbocycles. The number of fused-ring (bicyclic) bond motifs is 6. The molecule has 0 saturated carbocycles. The first-order chi connectivity index (χ1) is 17.4. The summed E-state index contributed by atoms with van der Waals surface area (Å²) >= 11 is 0. The number of rotatable bonds is 5. The predicted molar refractivity (Wildman–Crippen MR) is 153 cm³/mol. The van der Waals surface area contributed by atoms with Gasteiger partial charge in [0.1, 0.15) is 0 Å². The Balaban J connectivity index is 1.62. The average Bonchev–Trinajstić information content (AvgIpc) is 3.23. The zero-order chi connectivity index (χ0) is 25.0. The minimum Gasteiger partial charge on any atom is -0.286 e. The van der Waals surface area contributed by atoms with Crippen molar-refractivity contribution in [1.29, 1.82) is 0 Å². The molecule has 0 bridgehead atoms. The second-order valence-electron chi connectivity index (χ2n) is 11.0. The van der Waals surface area contributed by atoms with Crippen molar-refractivity contribution >= 4 is 50.7 Å². The fourth-order valence-corrected chi connectivity index (χ4v) is 5.76. The first kappa shape index (κ1) is 22.7. The van der Waals surface area contributed by atoms with Gasteiger partial charge in [0.05, 0.1) is 12.3 Å². The van der Waals surface area contributed by atoms with Crippen molar-refractivity contribution in [3.05, 3.63) is 102 Å². The van der Waals surface area contributed by atoms with Crippen LogP contribution in [-0.2, 0) is 6.42 Å². The number of hydrogen-bond donors (Lipinski definition) is 0.